The van der Waals surface area contributed by atoms with E-state index in [1.54, 1.807) is 23.2 Å². The van der Waals surface area contributed by atoms with E-state index in [1.165, 1.54) is 0 Å². The summed E-state index contributed by atoms with van der Waals surface area (Å²) in [5.74, 6) is 0.724. The number of nitrogens with zero attached hydrogens (tertiary/aromatic N) is 2. The smallest absolute Gasteiger partial charge is 0.295 e. The molecule has 0 bridgehead atoms. The maximum absolute atomic E-state index is 12.2. The lowest BCUT2D eigenvalue weighted by molar-refractivity contribution is 0.0975. The van der Waals surface area contributed by atoms with Crippen LogP contribution in [-0.2, 0) is 14.1 Å². The normalized spacial score (nSPS) is 15.1. The highest BCUT2D eigenvalue weighted by Gasteiger charge is 2.26. The van der Waals surface area contributed by atoms with Gasteiger partial charge in [-0.3, -0.25) is 13.9 Å². The average Bonchev–Trinajstić information content (AvgIpc) is 3.16. The molecule has 19 heavy (non-hydrogen) atoms. The summed E-state index contributed by atoms with van der Waals surface area (Å²) in [5.41, 5.74) is 2.24. The number of halogens is 1. The Balaban J connectivity index is 2.15. The summed E-state index contributed by atoms with van der Waals surface area (Å²) in [6.45, 7) is 0. The van der Waals surface area contributed by atoms with E-state index in [4.69, 9.17) is 0 Å². The van der Waals surface area contributed by atoms with Crippen LogP contribution in [-0.4, -0.2) is 14.9 Å². The Bertz CT molecular complexity index is 738. The Morgan fingerprint density at radius 3 is 2.42 bits per heavy atom. The molecular formula is C14H15BrN2O2. The van der Waals surface area contributed by atoms with Gasteiger partial charge < -0.3 is 0 Å². The predicted molar refractivity (Wildman–Crippen MR) is 77.5 cm³/mol. The maximum Gasteiger partial charge on any atom is 0.328 e. The summed E-state index contributed by atoms with van der Waals surface area (Å²) in [7, 11) is 3.47. The number of rotatable bonds is 3. The van der Waals surface area contributed by atoms with Gasteiger partial charge in [-0.15, -0.1) is 0 Å². The van der Waals surface area contributed by atoms with Crippen molar-refractivity contribution in [3.8, 4) is 0 Å². The molecule has 5 heteroatoms. The van der Waals surface area contributed by atoms with Crippen LogP contribution in [0.2, 0.25) is 0 Å². The van der Waals surface area contributed by atoms with Crippen molar-refractivity contribution >= 4 is 32.7 Å². The Morgan fingerprint density at radius 2 is 1.84 bits per heavy atom. The Kier molecular flexibility index (Phi) is 2.89. The number of Topliss-reactive ketones (excluding diaryl/α,β-unsaturated/α-hetero) is 1. The van der Waals surface area contributed by atoms with Crippen molar-refractivity contribution in [3.05, 3.63) is 32.7 Å². The monoisotopic (exact) mass is 322 g/mol. The van der Waals surface area contributed by atoms with Crippen molar-refractivity contribution < 1.29 is 4.79 Å². The van der Waals surface area contributed by atoms with E-state index in [9.17, 15) is 9.59 Å². The molecule has 3 rings (SSSR count). The molecule has 1 aliphatic rings. The zero-order valence-electron chi connectivity index (χ0n) is 10.9. The van der Waals surface area contributed by atoms with Crippen molar-refractivity contribution in [2.45, 2.75) is 19.3 Å². The quantitative estimate of drug-likeness (QED) is 0.815. The van der Waals surface area contributed by atoms with Crippen LogP contribution in [0.3, 0.4) is 0 Å². The van der Waals surface area contributed by atoms with Gasteiger partial charge in [0.2, 0.25) is 0 Å². The summed E-state index contributed by atoms with van der Waals surface area (Å²) >= 11 is 3.45. The molecule has 4 nitrogen and oxygen atoms in total. The first-order valence-corrected chi connectivity index (χ1v) is 7.16. The summed E-state index contributed by atoms with van der Waals surface area (Å²) in [6, 6.07) is 3.68. The van der Waals surface area contributed by atoms with Gasteiger partial charge in [0.15, 0.2) is 5.78 Å². The van der Waals surface area contributed by atoms with Crippen molar-refractivity contribution in [1.29, 1.82) is 0 Å². The minimum atomic E-state index is -0.0753. The predicted octanol–water partition coefficient (Wildman–Crippen LogP) is 2.62. The van der Waals surface area contributed by atoms with E-state index in [-0.39, 0.29) is 11.5 Å². The number of fused-ring (bicyclic) bond motifs is 1. The largest absolute Gasteiger partial charge is 0.328 e. The molecule has 1 aromatic heterocycles. The fraction of sp³-hybridized carbons (Fsp3) is 0.429. The highest BCUT2D eigenvalue weighted by atomic mass is 79.9. The number of aryl methyl sites for hydroxylation is 2. The third kappa shape index (κ3) is 2.06. The molecule has 0 amide bonds. The molecule has 1 heterocycles. The van der Waals surface area contributed by atoms with Crippen LogP contribution in [0, 0.1) is 5.92 Å². The third-order valence-corrected chi connectivity index (χ3v) is 4.49. The van der Waals surface area contributed by atoms with Gasteiger partial charge in [0.05, 0.1) is 11.0 Å². The van der Waals surface area contributed by atoms with Gasteiger partial charge >= 0.3 is 5.69 Å². The highest BCUT2D eigenvalue weighted by Crippen LogP contribution is 2.35. The van der Waals surface area contributed by atoms with Crippen molar-refractivity contribution in [2.75, 3.05) is 0 Å². The molecule has 1 aromatic carbocycles. The second-order valence-electron chi connectivity index (χ2n) is 5.29. The fourth-order valence-corrected chi connectivity index (χ4v) is 2.98. The van der Waals surface area contributed by atoms with Gasteiger partial charge in [-0.05, 0) is 46.8 Å². The summed E-state index contributed by atoms with van der Waals surface area (Å²) in [6.07, 6.45) is 2.94. The minimum Gasteiger partial charge on any atom is -0.295 e. The molecular weight excluding hydrogens is 308 g/mol. The second kappa shape index (κ2) is 4.34. The summed E-state index contributed by atoms with van der Waals surface area (Å²) < 4.78 is 3.94. The number of carbonyl (C=O) groups is 1. The number of benzene rings is 1. The van der Waals surface area contributed by atoms with Crippen molar-refractivity contribution in [3.63, 3.8) is 0 Å². The molecule has 100 valence electrons. The number of ketones is 1. The van der Waals surface area contributed by atoms with Gasteiger partial charge in [-0.1, -0.05) is 0 Å². The average molecular weight is 323 g/mol. The zero-order valence-corrected chi connectivity index (χ0v) is 12.5. The molecule has 0 unspecified atom stereocenters. The van der Waals surface area contributed by atoms with Crippen molar-refractivity contribution in [2.24, 2.45) is 20.0 Å². The fourth-order valence-electron chi connectivity index (χ4n) is 2.43. The molecule has 1 fully saturated rings. The van der Waals surface area contributed by atoms with Crippen LogP contribution in [0.15, 0.2) is 21.4 Å². The first-order chi connectivity index (χ1) is 8.99. The van der Waals surface area contributed by atoms with Crippen LogP contribution >= 0.6 is 15.9 Å². The molecule has 0 radical (unpaired) electrons. The molecule has 0 aliphatic heterocycles. The van der Waals surface area contributed by atoms with Crippen LogP contribution in [0.25, 0.3) is 11.0 Å². The molecule has 2 aromatic rings. The maximum atomic E-state index is 12.2. The Morgan fingerprint density at radius 1 is 1.26 bits per heavy atom. The molecule has 0 spiro atoms. The van der Waals surface area contributed by atoms with Crippen molar-refractivity contribution in [1.82, 2.24) is 9.13 Å². The zero-order chi connectivity index (χ0) is 13.7. The van der Waals surface area contributed by atoms with E-state index in [2.05, 4.69) is 15.9 Å². The lowest BCUT2D eigenvalue weighted by Gasteiger charge is -2.05. The molecule has 0 N–H and O–H groups in total. The lowest BCUT2D eigenvalue weighted by atomic mass is 10.1. The van der Waals surface area contributed by atoms with Crippen LogP contribution < -0.4 is 5.69 Å². The number of aromatic nitrogens is 2. The number of imidazole rings is 1. The van der Waals surface area contributed by atoms with Gasteiger partial charge in [0, 0.05) is 30.6 Å². The molecule has 0 saturated heterocycles. The third-order valence-electron chi connectivity index (χ3n) is 3.83. The number of hydrogen-bond donors (Lipinski definition) is 0. The highest BCUT2D eigenvalue weighted by molar-refractivity contribution is 9.10. The van der Waals surface area contributed by atoms with Crippen LogP contribution in [0.4, 0.5) is 0 Å². The first-order valence-electron chi connectivity index (χ1n) is 6.37. The van der Waals surface area contributed by atoms with E-state index in [0.29, 0.717) is 17.9 Å². The van der Waals surface area contributed by atoms with Crippen LogP contribution in [0.5, 0.6) is 0 Å². The van der Waals surface area contributed by atoms with Crippen LogP contribution in [0.1, 0.15) is 29.6 Å². The molecule has 1 saturated carbocycles. The van der Waals surface area contributed by atoms with E-state index in [1.807, 2.05) is 12.1 Å². The van der Waals surface area contributed by atoms with Gasteiger partial charge in [-0.25, -0.2) is 4.79 Å². The Hall–Kier alpha value is -1.36. The van der Waals surface area contributed by atoms with E-state index in [0.717, 1.165) is 28.3 Å². The lowest BCUT2D eigenvalue weighted by Crippen LogP contribution is -2.19. The SMILES string of the molecule is Cn1c(=O)n(C)c2cc(C(=O)CC3CC3)c(Br)cc21. The first kappa shape index (κ1) is 12.7. The Labute approximate surface area is 119 Å². The molecule has 0 atom stereocenters. The van der Waals surface area contributed by atoms with Gasteiger partial charge in [0.25, 0.3) is 0 Å². The standard InChI is InChI=1S/C14H15BrN2O2/c1-16-11-6-9(13(18)5-8-3-4-8)10(15)7-12(11)17(2)14(16)19/h6-8H,3-5H2,1-2H3. The van der Waals surface area contributed by atoms with Gasteiger partial charge in [0.1, 0.15) is 0 Å². The van der Waals surface area contributed by atoms with E-state index >= 15 is 0 Å². The van der Waals surface area contributed by atoms with E-state index < -0.39 is 0 Å². The second-order valence-corrected chi connectivity index (χ2v) is 6.15. The number of carbonyl (C=O) groups excluding carboxylic acids is 1. The minimum absolute atomic E-state index is 0.0753. The summed E-state index contributed by atoms with van der Waals surface area (Å²) in [5, 5.41) is 0. The molecule has 1 aliphatic carbocycles. The van der Waals surface area contributed by atoms with Gasteiger partial charge in [-0.2, -0.15) is 0 Å². The number of hydrogen-bond acceptors (Lipinski definition) is 2. The summed E-state index contributed by atoms with van der Waals surface area (Å²) in [4.78, 5) is 24.1. The topological polar surface area (TPSA) is 44.0 Å².